The molecule has 1 fully saturated rings. The maximum absolute atomic E-state index is 13.6. The summed E-state index contributed by atoms with van der Waals surface area (Å²) in [4.78, 5) is 31.4. The molecule has 1 amide bonds. The molecule has 0 spiro atoms. The average Bonchev–Trinajstić information content (AvgIpc) is 3.45. The molecule has 1 aromatic heterocycles. The molecule has 5 rings (SSSR count). The van der Waals surface area contributed by atoms with Gasteiger partial charge in [-0.2, -0.15) is 0 Å². The Kier molecular flexibility index (Phi) is 6.26. The van der Waals surface area contributed by atoms with Crippen LogP contribution in [0.5, 0.6) is 0 Å². The monoisotopic (exact) mass is 495 g/mol. The topological polar surface area (TPSA) is 89.0 Å². The smallest absolute Gasteiger partial charge is 0.280 e. The van der Waals surface area contributed by atoms with Gasteiger partial charge in [-0.25, -0.2) is 4.99 Å². The molecule has 1 aliphatic rings. The summed E-state index contributed by atoms with van der Waals surface area (Å²) in [5.74, 6) is 0.556. The number of amides is 1. The van der Waals surface area contributed by atoms with E-state index in [2.05, 4.69) is 0 Å². The molecule has 36 heavy (non-hydrogen) atoms. The molecule has 3 aromatic carbocycles. The molecule has 8 heteroatoms. The lowest BCUT2D eigenvalue weighted by molar-refractivity contribution is -0.384. The number of aliphatic imine (C=N–C) groups is 1. The van der Waals surface area contributed by atoms with Gasteiger partial charge >= 0.3 is 0 Å². The molecule has 1 aliphatic heterocycles. The Hall–Kier alpha value is -4.43. The Morgan fingerprint density at radius 2 is 1.61 bits per heavy atom. The van der Waals surface area contributed by atoms with Gasteiger partial charge in [0.25, 0.3) is 11.6 Å². The number of rotatable bonds is 5. The maximum atomic E-state index is 13.6. The summed E-state index contributed by atoms with van der Waals surface area (Å²) in [6.07, 6.45) is 1.65. The van der Waals surface area contributed by atoms with Gasteiger partial charge in [0.1, 0.15) is 11.5 Å². The lowest BCUT2D eigenvalue weighted by Crippen LogP contribution is -2.29. The standard InChI is InChI=1S/C28H21N3O4S/c1-18-9-3-6-12-22(18)29-28-30(23-13-7-4-10-19(23)2)27(32)26(36-28)17-20-15-16-25(35-20)21-11-5-8-14-24(21)31(33)34/h3-17H,1-2H3/b26-17+,29-28?. The van der Waals surface area contributed by atoms with Gasteiger partial charge in [0.05, 0.1) is 26.8 Å². The van der Waals surface area contributed by atoms with E-state index in [-0.39, 0.29) is 11.6 Å². The molecule has 4 aromatic rings. The zero-order valence-electron chi connectivity index (χ0n) is 19.5. The van der Waals surface area contributed by atoms with Crippen molar-refractivity contribution >= 4 is 46.0 Å². The third kappa shape index (κ3) is 4.46. The Bertz CT molecular complexity index is 1550. The second kappa shape index (κ2) is 9.67. The molecule has 0 bridgehead atoms. The van der Waals surface area contributed by atoms with Crippen molar-refractivity contribution < 1.29 is 14.1 Å². The van der Waals surface area contributed by atoms with Crippen LogP contribution in [0.2, 0.25) is 0 Å². The maximum Gasteiger partial charge on any atom is 0.280 e. The number of anilines is 1. The van der Waals surface area contributed by atoms with Gasteiger partial charge in [0, 0.05) is 12.1 Å². The number of carbonyl (C=O) groups is 1. The molecule has 2 heterocycles. The van der Waals surface area contributed by atoms with Crippen LogP contribution >= 0.6 is 11.8 Å². The molecular weight excluding hydrogens is 474 g/mol. The summed E-state index contributed by atoms with van der Waals surface area (Å²) in [7, 11) is 0. The molecule has 0 radical (unpaired) electrons. The highest BCUT2D eigenvalue weighted by Crippen LogP contribution is 2.39. The van der Waals surface area contributed by atoms with E-state index < -0.39 is 4.92 Å². The summed E-state index contributed by atoms with van der Waals surface area (Å²) in [5, 5.41) is 12.0. The van der Waals surface area contributed by atoms with Gasteiger partial charge in [0.2, 0.25) is 0 Å². The Labute approximate surface area is 211 Å². The van der Waals surface area contributed by atoms with Crippen molar-refractivity contribution in [3.63, 3.8) is 0 Å². The van der Waals surface area contributed by atoms with Gasteiger partial charge in [-0.15, -0.1) is 0 Å². The van der Waals surface area contributed by atoms with Crippen LogP contribution in [0.3, 0.4) is 0 Å². The predicted octanol–water partition coefficient (Wildman–Crippen LogP) is 7.28. The van der Waals surface area contributed by atoms with E-state index in [0.717, 1.165) is 22.5 Å². The number of benzene rings is 3. The van der Waals surface area contributed by atoms with Crippen molar-refractivity contribution in [3.05, 3.63) is 117 Å². The molecule has 0 aliphatic carbocycles. The number of nitro groups is 1. The summed E-state index contributed by atoms with van der Waals surface area (Å²) < 4.78 is 5.90. The number of hydrogen-bond acceptors (Lipinski definition) is 6. The zero-order chi connectivity index (χ0) is 25.2. The SMILES string of the molecule is Cc1ccccc1N=C1S/C(=C/c2ccc(-c3ccccc3[N+](=O)[O-])o2)C(=O)N1c1ccccc1C. The van der Waals surface area contributed by atoms with E-state index in [1.807, 2.05) is 62.4 Å². The molecule has 0 saturated carbocycles. The molecule has 0 atom stereocenters. The minimum Gasteiger partial charge on any atom is -0.456 e. The first-order chi connectivity index (χ1) is 17.4. The van der Waals surface area contributed by atoms with Gasteiger partial charge in [-0.3, -0.25) is 19.8 Å². The number of nitro benzene ring substituents is 1. The third-order valence-electron chi connectivity index (χ3n) is 5.76. The minimum atomic E-state index is -0.444. The van der Waals surface area contributed by atoms with Gasteiger partial charge in [-0.1, -0.05) is 48.5 Å². The molecule has 0 N–H and O–H groups in total. The number of hydrogen-bond donors (Lipinski definition) is 0. The van der Waals surface area contributed by atoms with E-state index in [1.165, 1.54) is 17.8 Å². The van der Waals surface area contributed by atoms with Crippen molar-refractivity contribution in [2.45, 2.75) is 13.8 Å². The molecule has 178 valence electrons. The van der Waals surface area contributed by atoms with Crippen LogP contribution in [-0.4, -0.2) is 16.0 Å². The zero-order valence-corrected chi connectivity index (χ0v) is 20.4. The number of carbonyl (C=O) groups excluding carboxylic acids is 1. The molecular formula is C28H21N3O4S. The average molecular weight is 496 g/mol. The highest BCUT2D eigenvalue weighted by molar-refractivity contribution is 8.19. The number of furan rings is 1. The number of aryl methyl sites for hydroxylation is 2. The lowest BCUT2D eigenvalue weighted by Gasteiger charge is -2.18. The first kappa shape index (κ1) is 23.3. The van der Waals surface area contributed by atoms with Crippen molar-refractivity contribution in [1.29, 1.82) is 0 Å². The third-order valence-corrected chi connectivity index (χ3v) is 6.73. The number of nitrogens with zero attached hydrogens (tertiary/aromatic N) is 3. The second-order valence-corrected chi connectivity index (χ2v) is 9.20. The Balaban J connectivity index is 1.55. The van der Waals surface area contributed by atoms with Crippen LogP contribution in [0.1, 0.15) is 16.9 Å². The number of thioether (sulfide) groups is 1. The first-order valence-electron chi connectivity index (χ1n) is 11.2. The van der Waals surface area contributed by atoms with Crippen molar-refractivity contribution in [1.82, 2.24) is 0 Å². The van der Waals surface area contributed by atoms with E-state index in [4.69, 9.17) is 9.41 Å². The van der Waals surface area contributed by atoms with Crippen LogP contribution in [0, 0.1) is 24.0 Å². The highest BCUT2D eigenvalue weighted by atomic mass is 32.2. The fraction of sp³-hybridized carbons (Fsp3) is 0.0714. The number of amidine groups is 1. The van der Waals surface area contributed by atoms with E-state index in [0.29, 0.717) is 27.2 Å². The highest BCUT2D eigenvalue weighted by Gasteiger charge is 2.36. The van der Waals surface area contributed by atoms with Crippen LogP contribution in [0.15, 0.2) is 99.2 Å². The Morgan fingerprint density at radius 1 is 0.917 bits per heavy atom. The lowest BCUT2D eigenvalue weighted by atomic mass is 10.1. The van der Waals surface area contributed by atoms with Crippen molar-refractivity contribution in [3.8, 4) is 11.3 Å². The van der Waals surface area contributed by atoms with Gasteiger partial charge < -0.3 is 4.42 Å². The summed E-state index contributed by atoms with van der Waals surface area (Å²) >= 11 is 1.26. The van der Waals surface area contributed by atoms with E-state index in [9.17, 15) is 14.9 Å². The molecule has 7 nitrogen and oxygen atoms in total. The van der Waals surface area contributed by atoms with Crippen LogP contribution in [0.25, 0.3) is 17.4 Å². The van der Waals surface area contributed by atoms with Crippen LogP contribution in [-0.2, 0) is 4.79 Å². The molecule has 0 unspecified atom stereocenters. The Morgan fingerprint density at radius 3 is 2.36 bits per heavy atom. The first-order valence-corrected chi connectivity index (χ1v) is 12.0. The minimum absolute atomic E-state index is 0.0456. The van der Waals surface area contributed by atoms with E-state index >= 15 is 0 Å². The van der Waals surface area contributed by atoms with Gasteiger partial charge in [0.15, 0.2) is 5.17 Å². The normalized spacial score (nSPS) is 15.7. The van der Waals surface area contributed by atoms with E-state index in [1.54, 1.807) is 41.3 Å². The fourth-order valence-corrected chi connectivity index (χ4v) is 4.88. The van der Waals surface area contributed by atoms with Crippen molar-refractivity contribution in [2.75, 3.05) is 4.90 Å². The predicted molar refractivity (Wildman–Crippen MR) is 143 cm³/mol. The summed E-state index contributed by atoms with van der Waals surface area (Å²) in [6.45, 7) is 3.93. The summed E-state index contributed by atoms with van der Waals surface area (Å²) in [5.41, 5.74) is 3.81. The fourth-order valence-electron chi connectivity index (χ4n) is 3.91. The number of para-hydroxylation sites is 3. The van der Waals surface area contributed by atoms with Crippen LogP contribution < -0.4 is 4.90 Å². The summed E-state index contributed by atoms with van der Waals surface area (Å²) in [6, 6.07) is 25.2. The quantitative estimate of drug-likeness (QED) is 0.165. The molecule has 1 saturated heterocycles. The second-order valence-electron chi connectivity index (χ2n) is 8.19. The van der Waals surface area contributed by atoms with Gasteiger partial charge in [-0.05, 0) is 67.1 Å². The largest absolute Gasteiger partial charge is 0.456 e. The van der Waals surface area contributed by atoms with Crippen molar-refractivity contribution in [2.24, 2.45) is 4.99 Å². The van der Waals surface area contributed by atoms with Crippen LogP contribution in [0.4, 0.5) is 17.1 Å².